The van der Waals surface area contributed by atoms with Crippen LogP contribution in [0.15, 0.2) is 60.7 Å². The number of rotatable bonds is 15. The van der Waals surface area contributed by atoms with Crippen molar-refractivity contribution in [2.75, 3.05) is 0 Å². The summed E-state index contributed by atoms with van der Waals surface area (Å²) in [4.78, 5) is 48.8. The van der Waals surface area contributed by atoms with Gasteiger partial charge in [-0.25, -0.2) is 0 Å². The van der Waals surface area contributed by atoms with E-state index in [-0.39, 0.29) is 25.7 Å². The fourth-order valence-electron chi connectivity index (χ4n) is 4.28. The quantitative estimate of drug-likeness (QED) is 0.272. The van der Waals surface area contributed by atoms with Gasteiger partial charge < -0.3 is 19.7 Å². The third-order valence-electron chi connectivity index (χ3n) is 6.33. The Bertz CT molecular complexity index is 941. The van der Waals surface area contributed by atoms with Crippen LogP contribution < -0.4 is 0 Å². The highest BCUT2D eigenvalue weighted by atomic mass is 16.6. The van der Waals surface area contributed by atoms with Crippen molar-refractivity contribution in [3.05, 3.63) is 71.8 Å². The van der Waals surface area contributed by atoms with Crippen molar-refractivity contribution in [2.45, 2.75) is 71.0 Å². The van der Waals surface area contributed by atoms with E-state index in [4.69, 9.17) is 14.6 Å². The lowest BCUT2D eigenvalue weighted by Crippen LogP contribution is -2.52. The summed E-state index contributed by atoms with van der Waals surface area (Å²) in [5, 5.41) is 19.2. The van der Waals surface area contributed by atoms with Gasteiger partial charge in [-0.1, -0.05) is 73.5 Å². The zero-order valence-corrected chi connectivity index (χ0v) is 20.7. The Labute approximate surface area is 211 Å². The standard InChI is InChI=1S/C28H34O8/c1-20(35-25(31)18-22-12-6-3-7-13-22)28(27(33)34,17-11-5-10-16-24(29)30)21(2)36-26(32)19-23-14-8-4-9-15-23/h3-4,6-9,12-15,20-21H,5,10-11,16-19H2,1-2H3,(H,29,30)(H,33,34). The fraction of sp³-hybridized carbons (Fsp3) is 0.429. The second-order valence-corrected chi connectivity index (χ2v) is 8.89. The van der Waals surface area contributed by atoms with Crippen LogP contribution in [-0.2, 0) is 41.5 Å². The molecule has 2 aromatic rings. The first-order valence-electron chi connectivity index (χ1n) is 12.1. The molecule has 0 aromatic heterocycles. The third kappa shape index (κ3) is 8.52. The third-order valence-corrected chi connectivity index (χ3v) is 6.33. The molecule has 0 radical (unpaired) electrons. The smallest absolute Gasteiger partial charge is 0.317 e. The molecule has 8 nitrogen and oxygen atoms in total. The van der Waals surface area contributed by atoms with Crippen molar-refractivity contribution < 1.29 is 38.9 Å². The first kappa shape index (κ1) is 28.6. The van der Waals surface area contributed by atoms with E-state index < -0.39 is 41.5 Å². The summed E-state index contributed by atoms with van der Waals surface area (Å²) in [6.45, 7) is 2.99. The van der Waals surface area contributed by atoms with Crippen molar-refractivity contribution in [3.63, 3.8) is 0 Å². The Morgan fingerprint density at radius 3 is 1.56 bits per heavy atom. The van der Waals surface area contributed by atoms with Gasteiger partial charge in [0.25, 0.3) is 0 Å². The van der Waals surface area contributed by atoms with E-state index in [1.165, 1.54) is 13.8 Å². The lowest BCUT2D eigenvalue weighted by molar-refractivity contribution is -0.186. The number of hydrogen-bond donors (Lipinski definition) is 2. The Balaban J connectivity index is 2.19. The molecule has 0 amide bonds. The number of unbranched alkanes of at least 4 members (excludes halogenated alkanes) is 2. The van der Waals surface area contributed by atoms with Gasteiger partial charge in [-0.05, 0) is 37.8 Å². The first-order chi connectivity index (χ1) is 17.1. The minimum atomic E-state index is -1.71. The largest absolute Gasteiger partial charge is 0.481 e. The highest BCUT2D eigenvalue weighted by Gasteiger charge is 2.52. The molecule has 0 saturated carbocycles. The topological polar surface area (TPSA) is 127 Å². The average Bonchev–Trinajstić information content (AvgIpc) is 2.81. The van der Waals surface area contributed by atoms with Crippen LogP contribution in [-0.4, -0.2) is 46.3 Å². The Morgan fingerprint density at radius 2 is 1.17 bits per heavy atom. The van der Waals surface area contributed by atoms with E-state index in [9.17, 15) is 24.3 Å². The van der Waals surface area contributed by atoms with Crippen LogP contribution in [0.5, 0.6) is 0 Å². The monoisotopic (exact) mass is 498 g/mol. The van der Waals surface area contributed by atoms with Crippen LogP contribution in [0.25, 0.3) is 0 Å². The van der Waals surface area contributed by atoms with Gasteiger partial charge in [-0.3, -0.25) is 19.2 Å². The molecule has 0 bridgehead atoms. The Morgan fingerprint density at radius 1 is 0.722 bits per heavy atom. The van der Waals surface area contributed by atoms with Crippen LogP contribution in [0.1, 0.15) is 57.1 Å². The lowest BCUT2D eigenvalue weighted by atomic mass is 9.73. The molecule has 2 aromatic carbocycles. The summed E-state index contributed by atoms with van der Waals surface area (Å²) < 4.78 is 11.2. The molecule has 2 N–H and O–H groups in total. The summed E-state index contributed by atoms with van der Waals surface area (Å²) in [6.07, 6.45) is -1.03. The number of hydrogen-bond acceptors (Lipinski definition) is 6. The molecule has 8 heteroatoms. The Hall–Kier alpha value is -3.68. The molecule has 0 heterocycles. The van der Waals surface area contributed by atoms with Crippen LogP contribution in [0.4, 0.5) is 0 Å². The molecular weight excluding hydrogens is 464 g/mol. The molecule has 0 saturated heterocycles. The number of carbonyl (C=O) groups excluding carboxylic acids is 2. The average molecular weight is 499 g/mol. The predicted octanol–water partition coefficient (Wildman–Crippen LogP) is 4.44. The number of carboxylic acid groups (broad SMARTS) is 2. The molecule has 36 heavy (non-hydrogen) atoms. The maximum atomic E-state index is 12.7. The Kier molecular flexibility index (Phi) is 11.1. The van der Waals surface area contributed by atoms with Crippen LogP contribution in [0, 0.1) is 5.41 Å². The summed E-state index contributed by atoms with van der Waals surface area (Å²) in [7, 11) is 0. The van der Waals surface area contributed by atoms with E-state index in [0.29, 0.717) is 19.3 Å². The normalized spacial score (nSPS) is 14.2. The number of esters is 2. The van der Waals surface area contributed by atoms with Gasteiger partial charge in [0.15, 0.2) is 0 Å². The van der Waals surface area contributed by atoms with E-state index in [2.05, 4.69) is 0 Å². The van der Waals surface area contributed by atoms with E-state index >= 15 is 0 Å². The van der Waals surface area contributed by atoms with Crippen molar-refractivity contribution in [1.29, 1.82) is 0 Å². The van der Waals surface area contributed by atoms with Crippen LogP contribution >= 0.6 is 0 Å². The van der Waals surface area contributed by atoms with E-state index in [1.54, 1.807) is 48.5 Å². The maximum absolute atomic E-state index is 12.7. The van der Waals surface area contributed by atoms with Crippen LogP contribution in [0.3, 0.4) is 0 Å². The van der Waals surface area contributed by atoms with Crippen molar-refractivity contribution >= 4 is 23.9 Å². The van der Waals surface area contributed by atoms with Crippen molar-refractivity contribution in [2.24, 2.45) is 5.41 Å². The maximum Gasteiger partial charge on any atom is 0.317 e. The zero-order chi connectivity index (χ0) is 26.6. The zero-order valence-electron chi connectivity index (χ0n) is 20.7. The van der Waals surface area contributed by atoms with Crippen molar-refractivity contribution in [1.82, 2.24) is 0 Å². The number of carbonyl (C=O) groups is 4. The highest BCUT2D eigenvalue weighted by molar-refractivity contribution is 5.79. The highest BCUT2D eigenvalue weighted by Crippen LogP contribution is 2.38. The summed E-state index contributed by atoms with van der Waals surface area (Å²) in [6, 6.07) is 17.9. The van der Waals surface area contributed by atoms with Gasteiger partial charge in [0.1, 0.15) is 17.6 Å². The molecular formula is C28H34O8. The summed E-state index contributed by atoms with van der Waals surface area (Å²) in [5.74, 6) is -3.35. The number of carboxylic acids is 2. The van der Waals surface area contributed by atoms with E-state index in [1.807, 2.05) is 12.1 Å². The second kappa shape index (κ2) is 14.0. The van der Waals surface area contributed by atoms with Gasteiger partial charge in [0.05, 0.1) is 12.8 Å². The van der Waals surface area contributed by atoms with Gasteiger partial charge in [-0.15, -0.1) is 0 Å². The minimum absolute atomic E-state index is 0.0245. The molecule has 0 aliphatic carbocycles. The molecule has 2 unspecified atom stereocenters. The molecule has 0 aliphatic rings. The van der Waals surface area contributed by atoms with Crippen LogP contribution in [0.2, 0.25) is 0 Å². The minimum Gasteiger partial charge on any atom is -0.481 e. The number of benzene rings is 2. The van der Waals surface area contributed by atoms with Gasteiger partial charge in [-0.2, -0.15) is 0 Å². The molecule has 0 fully saturated rings. The summed E-state index contributed by atoms with van der Waals surface area (Å²) in [5.41, 5.74) is -0.250. The summed E-state index contributed by atoms with van der Waals surface area (Å²) >= 11 is 0. The van der Waals surface area contributed by atoms with Crippen molar-refractivity contribution in [3.8, 4) is 0 Å². The molecule has 0 spiro atoms. The molecule has 2 rings (SSSR count). The van der Waals surface area contributed by atoms with Gasteiger partial charge in [0, 0.05) is 6.42 Å². The first-order valence-corrected chi connectivity index (χ1v) is 12.1. The fourth-order valence-corrected chi connectivity index (χ4v) is 4.28. The predicted molar refractivity (Wildman–Crippen MR) is 132 cm³/mol. The molecule has 0 aliphatic heterocycles. The molecule has 194 valence electrons. The number of ether oxygens (including phenoxy) is 2. The number of aliphatic carboxylic acids is 2. The second-order valence-electron chi connectivity index (χ2n) is 8.89. The lowest BCUT2D eigenvalue weighted by Gasteiger charge is -2.39. The van der Waals surface area contributed by atoms with Gasteiger partial charge >= 0.3 is 23.9 Å². The van der Waals surface area contributed by atoms with Gasteiger partial charge in [0.2, 0.25) is 0 Å². The molecule has 2 atom stereocenters. The SMILES string of the molecule is CC(OC(=O)Cc1ccccc1)C(CCCCCC(=O)O)(C(=O)O)C(C)OC(=O)Cc1ccccc1. The van der Waals surface area contributed by atoms with E-state index in [0.717, 1.165) is 11.1 Å².